The zero-order valence-electron chi connectivity index (χ0n) is 17.4. The molecule has 1 saturated carbocycles. The minimum Gasteiger partial charge on any atom is -0.444 e. The van der Waals surface area contributed by atoms with Gasteiger partial charge in [-0.3, -0.25) is 9.79 Å². The average molecular weight is 497 g/mol. The number of nitrogens with zero attached hydrogens (tertiary/aromatic N) is 1. The third kappa shape index (κ3) is 12.7. The zero-order chi connectivity index (χ0) is 19.8. The lowest BCUT2D eigenvalue weighted by Crippen LogP contribution is -2.49. The Morgan fingerprint density at radius 3 is 2.15 bits per heavy atom. The van der Waals surface area contributed by atoms with Crippen molar-refractivity contribution in [1.82, 2.24) is 21.3 Å². The predicted octanol–water partition coefficient (Wildman–Crippen LogP) is 1.99. The number of carbonyl (C=O) groups is 2. The first kappa shape index (κ1) is 25.7. The molecule has 8 nitrogen and oxygen atoms in total. The molecule has 0 bridgehead atoms. The van der Waals surface area contributed by atoms with Crippen LogP contribution in [0.1, 0.15) is 54.4 Å². The lowest BCUT2D eigenvalue weighted by Gasteiger charge is -2.27. The maximum Gasteiger partial charge on any atom is 0.408 e. The van der Waals surface area contributed by atoms with Gasteiger partial charge in [0, 0.05) is 25.6 Å². The number of guanidine groups is 1. The molecular weight excluding hydrogens is 461 g/mol. The standard InChI is InChI=1S/C18H35N5O3.HI/c1-7-19-15(21-11-10-20-14(24)13-8-9-13)22-12-18(5,6)23-16(25)26-17(2,3)4;/h13H,7-12H2,1-6H3,(H,20,24)(H,23,25)(H2,19,21,22);1H. The Labute approximate surface area is 180 Å². The van der Waals surface area contributed by atoms with E-state index in [9.17, 15) is 9.59 Å². The molecule has 4 N–H and O–H groups in total. The summed E-state index contributed by atoms with van der Waals surface area (Å²) < 4.78 is 5.28. The fourth-order valence-corrected chi connectivity index (χ4v) is 2.09. The minimum absolute atomic E-state index is 0. The number of carbonyl (C=O) groups excluding carboxylic acids is 2. The van der Waals surface area contributed by atoms with Crippen molar-refractivity contribution < 1.29 is 14.3 Å². The van der Waals surface area contributed by atoms with Gasteiger partial charge in [0.15, 0.2) is 5.96 Å². The summed E-state index contributed by atoms with van der Waals surface area (Å²) in [5.41, 5.74) is -1.09. The van der Waals surface area contributed by atoms with Gasteiger partial charge in [-0.2, -0.15) is 0 Å². The molecule has 0 unspecified atom stereocenters. The number of nitrogens with one attached hydrogen (secondary N) is 4. The number of ether oxygens (including phenoxy) is 1. The van der Waals surface area contributed by atoms with E-state index in [-0.39, 0.29) is 35.8 Å². The van der Waals surface area contributed by atoms with Crippen molar-refractivity contribution in [2.45, 2.75) is 65.5 Å². The molecule has 0 spiro atoms. The van der Waals surface area contributed by atoms with Gasteiger partial charge in [-0.15, -0.1) is 24.0 Å². The summed E-state index contributed by atoms with van der Waals surface area (Å²) in [4.78, 5) is 28.0. The van der Waals surface area contributed by atoms with Crippen LogP contribution in [0.15, 0.2) is 4.99 Å². The van der Waals surface area contributed by atoms with E-state index in [2.05, 4.69) is 26.3 Å². The summed E-state index contributed by atoms with van der Waals surface area (Å²) in [6.45, 7) is 13.5. The average Bonchev–Trinajstić information content (AvgIpc) is 3.30. The van der Waals surface area contributed by atoms with Gasteiger partial charge in [0.25, 0.3) is 0 Å². The van der Waals surface area contributed by atoms with E-state index in [0.717, 1.165) is 19.4 Å². The van der Waals surface area contributed by atoms with Crippen molar-refractivity contribution in [3.63, 3.8) is 0 Å². The molecule has 0 aromatic rings. The van der Waals surface area contributed by atoms with Gasteiger partial charge in [0.05, 0.1) is 12.1 Å². The van der Waals surface area contributed by atoms with Gasteiger partial charge in [-0.05, 0) is 54.4 Å². The van der Waals surface area contributed by atoms with Crippen molar-refractivity contribution in [1.29, 1.82) is 0 Å². The summed E-state index contributed by atoms with van der Waals surface area (Å²) >= 11 is 0. The fourth-order valence-electron chi connectivity index (χ4n) is 2.09. The maximum atomic E-state index is 11.9. The highest BCUT2D eigenvalue weighted by molar-refractivity contribution is 14.0. The fraction of sp³-hybridized carbons (Fsp3) is 0.833. The molecule has 1 aliphatic carbocycles. The van der Waals surface area contributed by atoms with Crippen molar-refractivity contribution in [2.75, 3.05) is 26.2 Å². The van der Waals surface area contributed by atoms with Crippen molar-refractivity contribution in [2.24, 2.45) is 10.9 Å². The second-order valence-corrected chi connectivity index (χ2v) is 8.20. The lowest BCUT2D eigenvalue weighted by molar-refractivity contribution is -0.122. The molecule has 0 saturated heterocycles. The minimum atomic E-state index is -0.551. The highest BCUT2D eigenvalue weighted by Crippen LogP contribution is 2.28. The highest BCUT2D eigenvalue weighted by Gasteiger charge is 2.29. The summed E-state index contributed by atoms with van der Waals surface area (Å²) in [5, 5.41) is 12.1. The van der Waals surface area contributed by atoms with E-state index in [1.807, 2.05) is 41.5 Å². The van der Waals surface area contributed by atoms with Crippen molar-refractivity contribution >= 4 is 41.9 Å². The Morgan fingerprint density at radius 1 is 1.04 bits per heavy atom. The predicted molar refractivity (Wildman–Crippen MR) is 119 cm³/mol. The molecule has 9 heteroatoms. The smallest absolute Gasteiger partial charge is 0.408 e. The van der Waals surface area contributed by atoms with Crippen molar-refractivity contribution in [3.8, 4) is 0 Å². The summed E-state index contributed by atoms with van der Waals surface area (Å²) in [5.74, 6) is 1.00. The number of rotatable bonds is 8. The third-order valence-corrected chi connectivity index (χ3v) is 3.48. The van der Waals surface area contributed by atoms with Crippen LogP contribution < -0.4 is 21.3 Å². The van der Waals surface area contributed by atoms with Gasteiger partial charge in [-0.1, -0.05) is 0 Å². The van der Waals surface area contributed by atoms with Crippen LogP contribution >= 0.6 is 24.0 Å². The topological polar surface area (TPSA) is 104 Å². The highest BCUT2D eigenvalue weighted by atomic mass is 127. The van der Waals surface area contributed by atoms with Gasteiger partial charge < -0.3 is 26.0 Å². The maximum absolute atomic E-state index is 11.9. The number of halogens is 1. The second-order valence-electron chi connectivity index (χ2n) is 8.20. The molecule has 1 aliphatic rings. The normalized spacial score (nSPS) is 14.7. The summed E-state index contributed by atoms with van der Waals surface area (Å²) in [6.07, 6.45) is 1.55. The van der Waals surface area contributed by atoms with E-state index in [1.165, 1.54) is 0 Å². The van der Waals surface area contributed by atoms with Gasteiger partial charge in [-0.25, -0.2) is 4.79 Å². The van der Waals surface area contributed by atoms with Crippen LogP contribution in [0.4, 0.5) is 4.79 Å². The van der Waals surface area contributed by atoms with Crippen LogP contribution in [0.2, 0.25) is 0 Å². The molecule has 0 aliphatic heterocycles. The molecule has 0 atom stereocenters. The number of alkyl carbamates (subject to hydrolysis) is 1. The molecule has 0 aromatic heterocycles. The first-order valence-electron chi connectivity index (χ1n) is 9.33. The van der Waals surface area contributed by atoms with Gasteiger partial charge >= 0.3 is 6.09 Å². The van der Waals surface area contributed by atoms with E-state index < -0.39 is 17.2 Å². The number of aliphatic imine (C=N–C) groups is 1. The van der Waals surface area contributed by atoms with E-state index in [4.69, 9.17) is 4.74 Å². The number of hydrogen-bond acceptors (Lipinski definition) is 4. The second kappa shape index (κ2) is 11.6. The SMILES string of the molecule is CCNC(=NCC(C)(C)NC(=O)OC(C)(C)C)NCCNC(=O)C1CC1.I. The van der Waals surface area contributed by atoms with Gasteiger partial charge in [0.2, 0.25) is 5.91 Å². The van der Waals surface area contributed by atoms with Crippen LogP contribution in [-0.4, -0.2) is 55.3 Å². The monoisotopic (exact) mass is 497 g/mol. The quantitative estimate of drug-likeness (QED) is 0.178. The van der Waals surface area contributed by atoms with Crippen LogP contribution in [0.5, 0.6) is 0 Å². The van der Waals surface area contributed by atoms with E-state index in [0.29, 0.717) is 25.6 Å². The van der Waals surface area contributed by atoms with Crippen LogP contribution in [0.25, 0.3) is 0 Å². The first-order valence-corrected chi connectivity index (χ1v) is 9.33. The molecule has 2 amide bonds. The summed E-state index contributed by atoms with van der Waals surface area (Å²) in [7, 11) is 0. The Hall–Kier alpha value is -1.26. The van der Waals surface area contributed by atoms with E-state index >= 15 is 0 Å². The molecule has 158 valence electrons. The molecule has 0 aromatic carbocycles. The van der Waals surface area contributed by atoms with E-state index in [1.54, 1.807) is 0 Å². The largest absolute Gasteiger partial charge is 0.444 e. The lowest BCUT2D eigenvalue weighted by atomic mass is 10.1. The first-order chi connectivity index (χ1) is 12.0. The molecule has 0 radical (unpaired) electrons. The molecular formula is C18H36IN5O3. The Kier molecular flexibility index (Phi) is 11.0. The summed E-state index contributed by atoms with van der Waals surface area (Å²) in [6, 6.07) is 0. The molecule has 27 heavy (non-hydrogen) atoms. The Bertz CT molecular complexity index is 514. The van der Waals surface area contributed by atoms with Crippen LogP contribution in [0, 0.1) is 5.92 Å². The molecule has 1 rings (SSSR count). The number of hydrogen-bond donors (Lipinski definition) is 4. The third-order valence-electron chi connectivity index (χ3n) is 3.48. The zero-order valence-corrected chi connectivity index (χ0v) is 19.7. The Balaban J connectivity index is 0.00000676. The molecule has 1 fully saturated rings. The Morgan fingerprint density at radius 2 is 1.63 bits per heavy atom. The van der Waals surface area contributed by atoms with Crippen molar-refractivity contribution in [3.05, 3.63) is 0 Å². The number of amides is 2. The van der Waals surface area contributed by atoms with Crippen LogP contribution in [0.3, 0.4) is 0 Å². The van der Waals surface area contributed by atoms with Crippen LogP contribution in [-0.2, 0) is 9.53 Å². The molecule has 0 heterocycles. The van der Waals surface area contributed by atoms with Gasteiger partial charge in [0.1, 0.15) is 5.60 Å².